The molecule has 104 valence electrons. The lowest BCUT2D eigenvalue weighted by atomic mass is 9.68. The van der Waals surface area contributed by atoms with Gasteiger partial charge in [-0.15, -0.1) is 0 Å². The fourth-order valence-corrected chi connectivity index (χ4v) is 3.67. The molecule has 2 aliphatic rings. The van der Waals surface area contributed by atoms with Crippen LogP contribution in [0.2, 0.25) is 0 Å². The van der Waals surface area contributed by atoms with Crippen molar-refractivity contribution in [1.82, 2.24) is 4.90 Å². The summed E-state index contributed by atoms with van der Waals surface area (Å²) in [7, 11) is 0. The van der Waals surface area contributed by atoms with Crippen molar-refractivity contribution in [3.63, 3.8) is 0 Å². The molecule has 0 radical (unpaired) electrons. The average molecular weight is 253 g/mol. The zero-order valence-corrected chi connectivity index (χ0v) is 12.0. The molecule has 2 rings (SSSR count). The van der Waals surface area contributed by atoms with Crippen molar-refractivity contribution in [1.29, 1.82) is 0 Å². The van der Waals surface area contributed by atoms with Crippen molar-refractivity contribution in [2.75, 3.05) is 13.1 Å². The van der Waals surface area contributed by atoms with E-state index in [9.17, 15) is 9.90 Å². The van der Waals surface area contributed by atoms with E-state index in [-0.39, 0.29) is 0 Å². The molecule has 18 heavy (non-hydrogen) atoms. The van der Waals surface area contributed by atoms with Crippen molar-refractivity contribution >= 4 is 5.97 Å². The summed E-state index contributed by atoms with van der Waals surface area (Å²) in [5.74, 6) is 0.107. The highest BCUT2D eigenvalue weighted by molar-refractivity contribution is 5.79. The van der Waals surface area contributed by atoms with Gasteiger partial charge in [-0.05, 0) is 49.9 Å². The van der Waals surface area contributed by atoms with Crippen LogP contribution in [0, 0.1) is 11.3 Å². The van der Waals surface area contributed by atoms with Crippen molar-refractivity contribution in [3.05, 3.63) is 0 Å². The van der Waals surface area contributed by atoms with Gasteiger partial charge in [-0.1, -0.05) is 20.8 Å². The number of carboxylic acids is 1. The number of carboxylic acid groups (broad SMARTS) is 1. The molecular weight excluding hydrogens is 226 g/mol. The van der Waals surface area contributed by atoms with E-state index in [4.69, 9.17) is 0 Å². The second-order valence-electron chi connectivity index (χ2n) is 6.58. The summed E-state index contributed by atoms with van der Waals surface area (Å²) in [5.41, 5.74) is -0.147. The van der Waals surface area contributed by atoms with E-state index in [2.05, 4.69) is 25.7 Å². The molecule has 0 spiro atoms. The Balaban J connectivity index is 2.07. The zero-order chi connectivity index (χ0) is 13.4. The first kappa shape index (κ1) is 13.9. The normalized spacial score (nSPS) is 36.1. The second-order valence-corrected chi connectivity index (χ2v) is 6.58. The van der Waals surface area contributed by atoms with Gasteiger partial charge in [0.15, 0.2) is 0 Å². The van der Waals surface area contributed by atoms with Crippen molar-refractivity contribution < 1.29 is 9.90 Å². The molecule has 3 heteroatoms. The van der Waals surface area contributed by atoms with Crippen LogP contribution in [0.3, 0.4) is 0 Å². The predicted octanol–water partition coefficient (Wildman–Crippen LogP) is 3.14. The molecule has 0 amide bonds. The summed E-state index contributed by atoms with van der Waals surface area (Å²) < 4.78 is 0. The van der Waals surface area contributed by atoms with Crippen molar-refractivity contribution in [3.8, 4) is 0 Å². The maximum absolute atomic E-state index is 11.8. The number of aliphatic carboxylic acids is 1. The predicted molar refractivity (Wildman–Crippen MR) is 72.6 cm³/mol. The second kappa shape index (κ2) is 4.84. The van der Waals surface area contributed by atoms with Gasteiger partial charge in [-0.2, -0.15) is 0 Å². The molecule has 0 atom stereocenters. The number of nitrogens with zero attached hydrogens (tertiary/aromatic N) is 1. The third-order valence-corrected chi connectivity index (χ3v) is 5.66. The topological polar surface area (TPSA) is 40.5 Å². The first-order valence-electron chi connectivity index (χ1n) is 7.46. The molecule has 1 heterocycles. The Hall–Kier alpha value is -0.570. The van der Waals surface area contributed by atoms with E-state index in [1.807, 2.05) is 0 Å². The highest BCUT2D eigenvalue weighted by atomic mass is 16.4. The molecule has 1 saturated heterocycles. The van der Waals surface area contributed by atoms with Crippen LogP contribution in [0.25, 0.3) is 0 Å². The van der Waals surface area contributed by atoms with Crippen molar-refractivity contribution in [2.45, 2.75) is 64.8 Å². The summed E-state index contributed by atoms with van der Waals surface area (Å²) in [4.78, 5) is 14.0. The Labute approximate surface area is 111 Å². The molecule has 0 aromatic rings. The van der Waals surface area contributed by atoms with Gasteiger partial charge in [-0.25, -0.2) is 0 Å². The molecule has 0 unspecified atom stereocenters. The molecule has 2 fully saturated rings. The smallest absolute Gasteiger partial charge is 0.324 e. The average Bonchev–Trinajstić information content (AvgIpc) is 2.31. The first-order valence-corrected chi connectivity index (χ1v) is 7.46. The van der Waals surface area contributed by atoms with Crippen LogP contribution >= 0.6 is 0 Å². The van der Waals surface area contributed by atoms with Gasteiger partial charge in [-0.3, -0.25) is 9.69 Å². The summed E-state index contributed by atoms with van der Waals surface area (Å²) in [6.07, 6.45) is 6.15. The zero-order valence-electron chi connectivity index (χ0n) is 12.0. The Morgan fingerprint density at radius 2 is 1.72 bits per heavy atom. The van der Waals surface area contributed by atoms with E-state index in [1.54, 1.807) is 0 Å². The van der Waals surface area contributed by atoms with Gasteiger partial charge in [0.25, 0.3) is 0 Å². The SMILES string of the molecule is CCC1(CC)CN(C2(C(=O)O)CCC(C)CC2)C1. The third-order valence-electron chi connectivity index (χ3n) is 5.66. The van der Waals surface area contributed by atoms with Crippen LogP contribution in [0.5, 0.6) is 0 Å². The maximum Gasteiger partial charge on any atom is 0.324 e. The van der Waals surface area contributed by atoms with Gasteiger partial charge in [0.05, 0.1) is 0 Å². The van der Waals surface area contributed by atoms with Gasteiger partial charge in [0.2, 0.25) is 0 Å². The summed E-state index contributed by atoms with van der Waals surface area (Å²) >= 11 is 0. The van der Waals surface area contributed by atoms with Gasteiger partial charge >= 0.3 is 5.97 Å². The van der Waals surface area contributed by atoms with Crippen LogP contribution < -0.4 is 0 Å². The molecule has 0 bridgehead atoms. The highest BCUT2D eigenvalue weighted by Gasteiger charge is 2.54. The number of hydrogen-bond acceptors (Lipinski definition) is 2. The van der Waals surface area contributed by atoms with E-state index < -0.39 is 11.5 Å². The lowest BCUT2D eigenvalue weighted by Crippen LogP contribution is -2.68. The molecule has 0 aromatic carbocycles. The van der Waals surface area contributed by atoms with Crippen LogP contribution in [0.4, 0.5) is 0 Å². The van der Waals surface area contributed by atoms with E-state index in [0.29, 0.717) is 11.3 Å². The molecule has 0 aromatic heterocycles. The van der Waals surface area contributed by atoms with Crippen LogP contribution in [0.1, 0.15) is 59.3 Å². The molecule has 1 N–H and O–H groups in total. The number of rotatable bonds is 4. The monoisotopic (exact) mass is 253 g/mol. The standard InChI is InChI=1S/C15H27NO2/c1-4-14(5-2)10-16(11-14)15(13(17)18)8-6-12(3)7-9-15/h12H,4-11H2,1-3H3,(H,17,18). The Bertz CT molecular complexity index is 306. The van der Waals surface area contributed by atoms with Crippen molar-refractivity contribution in [2.24, 2.45) is 11.3 Å². The lowest BCUT2D eigenvalue weighted by Gasteiger charge is -2.58. The van der Waals surface area contributed by atoms with Crippen LogP contribution in [0.15, 0.2) is 0 Å². The molecule has 1 aliphatic carbocycles. The number of carbonyl (C=O) groups is 1. The number of likely N-dealkylation sites (tertiary alicyclic amines) is 1. The minimum absolute atomic E-state index is 0.394. The van der Waals surface area contributed by atoms with Gasteiger partial charge < -0.3 is 5.11 Å². The Morgan fingerprint density at radius 3 is 2.11 bits per heavy atom. The Kier molecular flexibility index (Phi) is 3.72. The minimum atomic E-state index is -0.588. The Morgan fingerprint density at radius 1 is 1.22 bits per heavy atom. The van der Waals surface area contributed by atoms with Gasteiger partial charge in [0.1, 0.15) is 5.54 Å². The fourth-order valence-electron chi connectivity index (χ4n) is 3.67. The maximum atomic E-state index is 11.8. The first-order chi connectivity index (χ1) is 8.48. The molecule has 1 aliphatic heterocycles. The largest absolute Gasteiger partial charge is 0.480 e. The molecule has 3 nitrogen and oxygen atoms in total. The molecular formula is C15H27NO2. The summed E-state index contributed by atoms with van der Waals surface area (Å²) in [5, 5.41) is 9.68. The van der Waals surface area contributed by atoms with Crippen LogP contribution in [-0.2, 0) is 4.79 Å². The molecule has 1 saturated carbocycles. The van der Waals surface area contributed by atoms with Crippen LogP contribution in [-0.4, -0.2) is 34.6 Å². The lowest BCUT2D eigenvalue weighted by molar-refractivity contribution is -0.169. The van der Waals surface area contributed by atoms with E-state index in [0.717, 1.165) is 38.8 Å². The fraction of sp³-hybridized carbons (Fsp3) is 0.933. The number of hydrogen-bond donors (Lipinski definition) is 1. The summed E-state index contributed by atoms with van der Waals surface area (Å²) in [6.45, 7) is 8.68. The summed E-state index contributed by atoms with van der Waals surface area (Å²) in [6, 6.07) is 0. The quantitative estimate of drug-likeness (QED) is 0.836. The van der Waals surface area contributed by atoms with E-state index >= 15 is 0 Å². The van der Waals surface area contributed by atoms with Gasteiger partial charge in [0, 0.05) is 13.1 Å². The highest BCUT2D eigenvalue weighted by Crippen LogP contribution is 2.46. The van der Waals surface area contributed by atoms with E-state index in [1.165, 1.54) is 12.8 Å². The minimum Gasteiger partial charge on any atom is -0.480 e. The third kappa shape index (κ3) is 2.07.